The second-order valence-electron chi connectivity index (χ2n) is 5.19. The van der Waals surface area contributed by atoms with Crippen LogP contribution < -0.4 is 15.4 Å². The fourth-order valence-corrected chi connectivity index (χ4v) is 3.77. The Bertz CT molecular complexity index is 672. The Kier molecular flexibility index (Phi) is 6.55. The van der Waals surface area contributed by atoms with E-state index in [9.17, 15) is 13.2 Å². The third-order valence-electron chi connectivity index (χ3n) is 3.47. The van der Waals surface area contributed by atoms with Crippen LogP contribution in [0.25, 0.3) is 0 Å². The lowest BCUT2D eigenvalue weighted by molar-refractivity contribution is -0.115. The molecular formula is C15H23N3O5S. The molecule has 0 aliphatic carbocycles. The second-order valence-corrected chi connectivity index (χ2v) is 7.12. The highest BCUT2D eigenvalue weighted by atomic mass is 32.2. The van der Waals surface area contributed by atoms with Gasteiger partial charge in [0.15, 0.2) is 0 Å². The number of carbonyl (C=O) groups is 1. The molecule has 1 aromatic rings. The third-order valence-corrected chi connectivity index (χ3v) is 5.36. The van der Waals surface area contributed by atoms with E-state index in [0.29, 0.717) is 44.3 Å². The number of anilines is 1. The van der Waals surface area contributed by atoms with Crippen LogP contribution in [0.4, 0.5) is 5.69 Å². The Morgan fingerprint density at radius 2 is 2.04 bits per heavy atom. The molecule has 1 aromatic carbocycles. The average Bonchev–Trinajstić information content (AvgIpc) is 2.57. The molecule has 0 radical (unpaired) electrons. The van der Waals surface area contributed by atoms with Gasteiger partial charge in [-0.15, -0.1) is 0 Å². The summed E-state index contributed by atoms with van der Waals surface area (Å²) in [7, 11) is -1.98. The molecule has 0 spiro atoms. The van der Waals surface area contributed by atoms with Crippen LogP contribution in [0.15, 0.2) is 23.1 Å². The molecule has 0 atom stereocenters. The molecule has 1 amide bonds. The summed E-state index contributed by atoms with van der Waals surface area (Å²) >= 11 is 0. The number of ether oxygens (including phenoxy) is 2. The van der Waals surface area contributed by atoms with Crippen molar-refractivity contribution in [2.75, 3.05) is 51.8 Å². The number of hydrogen-bond donors (Lipinski definition) is 2. The number of benzene rings is 1. The van der Waals surface area contributed by atoms with Gasteiger partial charge in [-0.3, -0.25) is 4.79 Å². The topological polar surface area (TPSA) is 97.0 Å². The molecule has 134 valence electrons. The van der Waals surface area contributed by atoms with Gasteiger partial charge < -0.3 is 20.1 Å². The highest BCUT2D eigenvalue weighted by Gasteiger charge is 2.27. The van der Waals surface area contributed by atoms with Crippen LogP contribution in [0.5, 0.6) is 5.75 Å². The molecular weight excluding hydrogens is 334 g/mol. The van der Waals surface area contributed by atoms with Gasteiger partial charge in [-0.2, -0.15) is 4.31 Å². The number of nitrogens with zero attached hydrogens (tertiary/aromatic N) is 1. The van der Waals surface area contributed by atoms with Gasteiger partial charge in [0.25, 0.3) is 0 Å². The van der Waals surface area contributed by atoms with Crippen molar-refractivity contribution in [2.45, 2.75) is 11.8 Å². The summed E-state index contributed by atoms with van der Waals surface area (Å²) in [6, 6.07) is 4.48. The van der Waals surface area contributed by atoms with E-state index in [-0.39, 0.29) is 17.3 Å². The Balaban J connectivity index is 2.31. The van der Waals surface area contributed by atoms with Crippen molar-refractivity contribution in [2.24, 2.45) is 0 Å². The fourth-order valence-electron chi connectivity index (χ4n) is 2.34. The number of hydrogen-bond acceptors (Lipinski definition) is 6. The van der Waals surface area contributed by atoms with Gasteiger partial charge in [0.05, 0.1) is 36.9 Å². The van der Waals surface area contributed by atoms with Crippen molar-refractivity contribution in [3.63, 3.8) is 0 Å². The Morgan fingerprint density at radius 1 is 1.33 bits per heavy atom. The molecule has 9 heteroatoms. The first-order chi connectivity index (χ1) is 11.5. The fraction of sp³-hybridized carbons (Fsp3) is 0.533. The highest BCUT2D eigenvalue weighted by molar-refractivity contribution is 7.89. The zero-order chi connectivity index (χ0) is 17.6. The number of sulfonamides is 1. The van der Waals surface area contributed by atoms with Gasteiger partial charge in [-0.1, -0.05) is 0 Å². The van der Waals surface area contributed by atoms with Gasteiger partial charge in [-0.25, -0.2) is 8.42 Å². The number of nitrogens with one attached hydrogen (secondary N) is 2. The predicted molar refractivity (Wildman–Crippen MR) is 89.7 cm³/mol. The number of amides is 1. The van der Waals surface area contributed by atoms with Crippen LogP contribution in [-0.4, -0.2) is 65.1 Å². The summed E-state index contributed by atoms with van der Waals surface area (Å²) < 4.78 is 37.5. The molecule has 1 aliphatic heterocycles. The predicted octanol–water partition coefficient (Wildman–Crippen LogP) is 0.264. The lowest BCUT2D eigenvalue weighted by Gasteiger charge is -2.26. The molecule has 1 aliphatic rings. The zero-order valence-corrected chi connectivity index (χ0v) is 14.7. The highest BCUT2D eigenvalue weighted by Crippen LogP contribution is 2.29. The first-order valence-corrected chi connectivity index (χ1v) is 9.22. The van der Waals surface area contributed by atoms with Crippen molar-refractivity contribution in [1.29, 1.82) is 0 Å². The van der Waals surface area contributed by atoms with E-state index in [2.05, 4.69) is 10.6 Å². The van der Waals surface area contributed by atoms with Crippen molar-refractivity contribution < 1.29 is 22.7 Å². The van der Waals surface area contributed by atoms with E-state index in [1.807, 2.05) is 6.92 Å². The molecule has 0 bridgehead atoms. The first-order valence-electron chi connectivity index (χ1n) is 7.78. The van der Waals surface area contributed by atoms with Crippen LogP contribution in [0, 0.1) is 0 Å². The molecule has 2 N–H and O–H groups in total. The summed E-state index contributed by atoms with van der Waals surface area (Å²) in [6.07, 6.45) is 0. The zero-order valence-electron chi connectivity index (χ0n) is 13.9. The van der Waals surface area contributed by atoms with E-state index >= 15 is 0 Å². The van der Waals surface area contributed by atoms with E-state index in [4.69, 9.17) is 9.47 Å². The SMILES string of the molecule is CCOc1ccc(S(=O)(=O)N2CCOCC2)cc1NC(=O)CNC. The van der Waals surface area contributed by atoms with Crippen molar-refractivity contribution >= 4 is 21.6 Å². The Labute approximate surface area is 142 Å². The lowest BCUT2D eigenvalue weighted by atomic mass is 10.3. The normalized spacial score (nSPS) is 15.9. The number of rotatable bonds is 7. The van der Waals surface area contributed by atoms with Crippen LogP contribution >= 0.6 is 0 Å². The molecule has 0 saturated carbocycles. The molecule has 1 heterocycles. The molecule has 8 nitrogen and oxygen atoms in total. The van der Waals surface area contributed by atoms with E-state index in [1.165, 1.54) is 16.4 Å². The number of morpholine rings is 1. The first kappa shape index (κ1) is 18.7. The van der Waals surface area contributed by atoms with Crippen LogP contribution in [-0.2, 0) is 19.6 Å². The molecule has 24 heavy (non-hydrogen) atoms. The van der Waals surface area contributed by atoms with Crippen LogP contribution in [0.2, 0.25) is 0 Å². The van der Waals surface area contributed by atoms with Gasteiger partial charge in [0, 0.05) is 13.1 Å². The summed E-state index contributed by atoms with van der Waals surface area (Å²) in [5.41, 5.74) is 0.339. The number of carbonyl (C=O) groups excluding carboxylic acids is 1. The summed E-state index contributed by atoms with van der Waals surface area (Å²) in [6.45, 7) is 3.73. The monoisotopic (exact) mass is 357 g/mol. The maximum atomic E-state index is 12.7. The van der Waals surface area contributed by atoms with Gasteiger partial charge in [0.1, 0.15) is 5.75 Å². The molecule has 1 fully saturated rings. The molecule has 2 rings (SSSR count). The second kappa shape index (κ2) is 8.43. The molecule has 1 saturated heterocycles. The summed E-state index contributed by atoms with van der Waals surface area (Å²) in [4.78, 5) is 11.9. The van der Waals surface area contributed by atoms with Crippen LogP contribution in [0.3, 0.4) is 0 Å². The summed E-state index contributed by atoms with van der Waals surface area (Å²) in [5.74, 6) is 0.155. The Morgan fingerprint density at radius 3 is 2.67 bits per heavy atom. The average molecular weight is 357 g/mol. The smallest absolute Gasteiger partial charge is 0.243 e. The van der Waals surface area contributed by atoms with Crippen molar-refractivity contribution in [3.8, 4) is 5.75 Å². The minimum absolute atomic E-state index is 0.117. The standard InChI is InChI=1S/C15H23N3O5S/c1-3-23-14-5-4-12(10-13(14)17-15(19)11-16-2)24(20,21)18-6-8-22-9-7-18/h4-5,10,16H,3,6-9,11H2,1-2H3,(H,17,19). The maximum Gasteiger partial charge on any atom is 0.243 e. The number of likely N-dealkylation sites (N-methyl/N-ethyl adjacent to an activating group) is 1. The maximum absolute atomic E-state index is 12.7. The van der Waals surface area contributed by atoms with Gasteiger partial charge in [0.2, 0.25) is 15.9 Å². The van der Waals surface area contributed by atoms with Crippen molar-refractivity contribution in [1.82, 2.24) is 9.62 Å². The Hall–Kier alpha value is -1.68. The summed E-state index contributed by atoms with van der Waals surface area (Å²) in [5, 5.41) is 5.42. The largest absolute Gasteiger partial charge is 0.492 e. The minimum Gasteiger partial charge on any atom is -0.492 e. The minimum atomic E-state index is -3.63. The molecule has 0 unspecified atom stereocenters. The van der Waals surface area contributed by atoms with E-state index in [1.54, 1.807) is 13.1 Å². The quantitative estimate of drug-likeness (QED) is 0.727. The van der Waals surface area contributed by atoms with Gasteiger partial charge in [-0.05, 0) is 32.2 Å². The van der Waals surface area contributed by atoms with Crippen LogP contribution in [0.1, 0.15) is 6.92 Å². The third kappa shape index (κ3) is 4.44. The molecule has 0 aromatic heterocycles. The lowest BCUT2D eigenvalue weighted by Crippen LogP contribution is -2.40. The van der Waals surface area contributed by atoms with Gasteiger partial charge >= 0.3 is 0 Å². The van der Waals surface area contributed by atoms with Crippen molar-refractivity contribution in [3.05, 3.63) is 18.2 Å². The van der Waals surface area contributed by atoms with E-state index < -0.39 is 10.0 Å². The van der Waals surface area contributed by atoms with E-state index in [0.717, 1.165) is 0 Å².